The minimum Gasteiger partial charge on any atom is -0.379 e. The van der Waals surface area contributed by atoms with Crippen molar-refractivity contribution in [2.75, 3.05) is 24.9 Å². The van der Waals surface area contributed by atoms with Crippen molar-refractivity contribution in [1.29, 1.82) is 0 Å². The summed E-state index contributed by atoms with van der Waals surface area (Å²) >= 11 is 6.34. The maximum Gasteiger partial charge on any atom is 0.340 e. The summed E-state index contributed by atoms with van der Waals surface area (Å²) in [4.78, 5) is 32.2. The van der Waals surface area contributed by atoms with E-state index in [-0.39, 0.29) is 12.5 Å². The summed E-state index contributed by atoms with van der Waals surface area (Å²) in [7, 11) is -7.71. The molecule has 2 bridgehead atoms. The molecule has 2 aliphatic carbocycles. The molecule has 2 heterocycles. The standard InChI is InChI=1S/C20H31ClN4O7P2/c1-12(5-15(31-2)10-32-34(29,30)11-33(26,27)28)18-9-22-20-17(8-19(21)24-25(18)20)23-16-7-13-3-4-14(16)6-13/h8-9,12-16,23H,3-7,10-11H2,1-2H3,(H,29,30)(H2,26,27,28)/t12?,13?,14?,15-,16?/m0/s1. The first-order valence-electron chi connectivity index (χ1n) is 11.3. The number of fused-ring (bicyclic) bond motifs is 3. The molecule has 0 spiro atoms. The van der Waals surface area contributed by atoms with Crippen LogP contribution in [0.2, 0.25) is 5.15 Å². The Labute approximate surface area is 202 Å². The van der Waals surface area contributed by atoms with Crippen LogP contribution in [0.4, 0.5) is 5.69 Å². The van der Waals surface area contributed by atoms with Crippen molar-refractivity contribution in [1.82, 2.24) is 14.6 Å². The van der Waals surface area contributed by atoms with Gasteiger partial charge in [-0.15, -0.1) is 0 Å². The molecule has 2 fully saturated rings. The second-order valence-electron chi connectivity index (χ2n) is 9.46. The molecule has 0 aliphatic heterocycles. The highest BCUT2D eigenvalue weighted by Gasteiger charge is 2.39. The minimum atomic E-state index is -4.69. The largest absolute Gasteiger partial charge is 0.379 e. The number of imidazole rings is 1. The van der Waals surface area contributed by atoms with Gasteiger partial charge in [0.25, 0.3) is 0 Å². The zero-order valence-electron chi connectivity index (χ0n) is 19.1. The molecule has 0 aromatic carbocycles. The number of hydrogen-bond acceptors (Lipinski definition) is 7. The highest BCUT2D eigenvalue weighted by molar-refractivity contribution is 7.70. The van der Waals surface area contributed by atoms with E-state index in [2.05, 4.69) is 15.4 Å². The Bertz CT molecular complexity index is 1130. The molecule has 2 aliphatic rings. The van der Waals surface area contributed by atoms with E-state index < -0.39 is 27.2 Å². The van der Waals surface area contributed by atoms with Gasteiger partial charge in [-0.2, -0.15) is 5.10 Å². The third-order valence-corrected chi connectivity index (χ3v) is 10.5. The first-order valence-corrected chi connectivity index (χ1v) is 15.2. The molecule has 2 aromatic rings. The topological polar surface area (TPSA) is 156 Å². The third kappa shape index (κ3) is 6.20. The van der Waals surface area contributed by atoms with Gasteiger partial charge in [0.1, 0.15) is 0 Å². The fourth-order valence-electron chi connectivity index (χ4n) is 5.24. The lowest BCUT2D eigenvalue weighted by molar-refractivity contribution is 0.0440. The molecule has 4 rings (SSSR count). The van der Waals surface area contributed by atoms with E-state index in [4.69, 9.17) is 30.6 Å². The van der Waals surface area contributed by atoms with Crippen LogP contribution in [0.25, 0.3) is 5.65 Å². The molecule has 5 unspecified atom stereocenters. The highest BCUT2D eigenvalue weighted by atomic mass is 35.5. The Morgan fingerprint density at radius 1 is 1.29 bits per heavy atom. The van der Waals surface area contributed by atoms with Crippen LogP contribution in [-0.2, 0) is 18.4 Å². The lowest BCUT2D eigenvalue weighted by Gasteiger charge is -2.24. The first kappa shape index (κ1) is 26.0. The number of nitrogens with one attached hydrogen (secondary N) is 1. The highest BCUT2D eigenvalue weighted by Crippen LogP contribution is 2.55. The smallest absolute Gasteiger partial charge is 0.340 e. The van der Waals surface area contributed by atoms with Crippen molar-refractivity contribution in [3.63, 3.8) is 0 Å². The van der Waals surface area contributed by atoms with Gasteiger partial charge in [0, 0.05) is 25.1 Å². The molecule has 190 valence electrons. The molecule has 0 radical (unpaired) electrons. The lowest BCUT2D eigenvalue weighted by Crippen LogP contribution is -2.26. The van der Waals surface area contributed by atoms with Crippen LogP contribution < -0.4 is 5.32 Å². The van der Waals surface area contributed by atoms with E-state index in [9.17, 15) is 14.0 Å². The quantitative estimate of drug-likeness (QED) is 0.311. The van der Waals surface area contributed by atoms with Gasteiger partial charge in [0.15, 0.2) is 16.7 Å². The summed E-state index contributed by atoms with van der Waals surface area (Å²) < 4.78 is 35.0. The van der Waals surface area contributed by atoms with Crippen LogP contribution in [0.5, 0.6) is 0 Å². The molecule has 0 saturated heterocycles. The van der Waals surface area contributed by atoms with Crippen LogP contribution in [0.3, 0.4) is 0 Å². The SMILES string of the molecule is CO[C@H](COP(=O)(O)CP(=O)(O)O)CC(C)c1cnc2c(NC3CC4CCC3C4)cc(Cl)nn12. The first-order chi connectivity index (χ1) is 15.9. The van der Waals surface area contributed by atoms with Gasteiger partial charge in [0.05, 0.1) is 30.3 Å². The van der Waals surface area contributed by atoms with Crippen molar-refractivity contribution >= 4 is 38.1 Å². The summed E-state index contributed by atoms with van der Waals surface area (Å²) in [6.07, 6.45) is 6.53. The normalized spacial score (nSPS) is 26.0. The second-order valence-corrected chi connectivity index (χ2v) is 13.8. The summed E-state index contributed by atoms with van der Waals surface area (Å²) in [5.41, 5.74) is 2.32. The molecule has 2 saturated carbocycles. The number of hydrogen-bond donors (Lipinski definition) is 4. The maximum atomic E-state index is 11.9. The summed E-state index contributed by atoms with van der Waals surface area (Å²) in [6, 6.07) is 2.21. The van der Waals surface area contributed by atoms with Crippen LogP contribution in [0.1, 0.15) is 50.6 Å². The Morgan fingerprint density at radius 2 is 2.06 bits per heavy atom. The number of aromatic nitrogens is 3. The molecule has 2 aromatic heterocycles. The van der Waals surface area contributed by atoms with Crippen LogP contribution >= 0.6 is 26.8 Å². The predicted octanol–water partition coefficient (Wildman–Crippen LogP) is 3.83. The van der Waals surface area contributed by atoms with Gasteiger partial charge in [-0.05, 0) is 37.5 Å². The number of methoxy groups -OCH3 is 1. The molecular formula is C20H31ClN4O7P2. The van der Waals surface area contributed by atoms with E-state index in [1.807, 2.05) is 6.92 Å². The van der Waals surface area contributed by atoms with Gasteiger partial charge >= 0.3 is 15.2 Å². The van der Waals surface area contributed by atoms with Gasteiger partial charge in [-0.25, -0.2) is 9.50 Å². The Balaban J connectivity index is 1.45. The Kier molecular flexibility index (Phi) is 7.77. The van der Waals surface area contributed by atoms with Crippen molar-refractivity contribution < 1.29 is 33.1 Å². The molecule has 0 amide bonds. The van der Waals surface area contributed by atoms with Gasteiger partial charge in [-0.1, -0.05) is 24.9 Å². The summed E-state index contributed by atoms with van der Waals surface area (Å²) in [5.74, 6) is 0.112. The van der Waals surface area contributed by atoms with Crippen molar-refractivity contribution in [3.8, 4) is 0 Å². The lowest BCUT2D eigenvalue weighted by atomic mass is 9.95. The molecule has 4 N–H and O–H groups in total. The monoisotopic (exact) mass is 536 g/mol. The predicted molar refractivity (Wildman–Crippen MR) is 127 cm³/mol. The second kappa shape index (κ2) is 10.1. The number of halogens is 1. The van der Waals surface area contributed by atoms with Crippen LogP contribution in [0.15, 0.2) is 12.3 Å². The number of ether oxygens (including phenoxy) is 1. The van der Waals surface area contributed by atoms with Gasteiger partial charge in [-0.3, -0.25) is 9.13 Å². The van der Waals surface area contributed by atoms with Gasteiger partial charge < -0.3 is 29.3 Å². The summed E-state index contributed by atoms with van der Waals surface area (Å²) in [5, 5.41) is 8.42. The zero-order valence-corrected chi connectivity index (χ0v) is 21.6. The third-order valence-electron chi connectivity index (χ3n) is 6.82. The van der Waals surface area contributed by atoms with Crippen LogP contribution in [-0.4, -0.2) is 61.0 Å². The van der Waals surface area contributed by atoms with Crippen molar-refractivity contribution in [2.24, 2.45) is 11.8 Å². The number of nitrogens with zero attached hydrogens (tertiary/aromatic N) is 3. The fourth-order valence-corrected chi connectivity index (χ4v) is 8.01. The Morgan fingerprint density at radius 3 is 2.68 bits per heavy atom. The van der Waals surface area contributed by atoms with Crippen LogP contribution in [0, 0.1) is 11.8 Å². The number of anilines is 1. The minimum absolute atomic E-state index is 0.135. The zero-order chi connectivity index (χ0) is 24.7. The maximum absolute atomic E-state index is 11.9. The van der Waals surface area contributed by atoms with Crippen molar-refractivity contribution in [2.45, 2.75) is 57.1 Å². The Hall–Kier alpha value is -1.03. The average Bonchev–Trinajstić information content (AvgIpc) is 3.44. The van der Waals surface area contributed by atoms with E-state index in [1.165, 1.54) is 26.4 Å². The fraction of sp³-hybridized carbons (Fsp3) is 0.700. The number of rotatable bonds is 11. The van der Waals surface area contributed by atoms with E-state index in [0.29, 0.717) is 29.2 Å². The molecule has 6 atom stereocenters. The van der Waals surface area contributed by atoms with E-state index >= 15 is 0 Å². The molecular weight excluding hydrogens is 506 g/mol. The van der Waals surface area contributed by atoms with Crippen molar-refractivity contribution in [3.05, 3.63) is 23.1 Å². The average molecular weight is 537 g/mol. The molecule has 11 nitrogen and oxygen atoms in total. The van der Waals surface area contributed by atoms with E-state index in [1.54, 1.807) is 16.8 Å². The summed E-state index contributed by atoms with van der Waals surface area (Å²) in [6.45, 7) is 1.64. The van der Waals surface area contributed by atoms with E-state index in [0.717, 1.165) is 23.7 Å². The molecule has 14 heteroatoms. The van der Waals surface area contributed by atoms with Gasteiger partial charge in [0.2, 0.25) is 0 Å². The molecule has 34 heavy (non-hydrogen) atoms.